The molecule has 0 N–H and O–H groups in total. The van der Waals surface area contributed by atoms with Gasteiger partial charge in [-0.15, -0.1) is 0 Å². The van der Waals surface area contributed by atoms with Gasteiger partial charge in [0, 0.05) is 19.1 Å². The normalized spacial score (nSPS) is 9.17. The first-order valence-corrected chi connectivity index (χ1v) is 6.39. The Morgan fingerprint density at radius 2 is 2.28 bits per heavy atom. The van der Waals surface area contributed by atoms with Gasteiger partial charge in [0.25, 0.3) is 0 Å². The third-order valence-electron chi connectivity index (χ3n) is 2.07. The van der Waals surface area contributed by atoms with Crippen molar-refractivity contribution in [3.05, 3.63) is 35.1 Å². The summed E-state index contributed by atoms with van der Waals surface area (Å²) in [6, 6.07) is 6.49. The zero-order chi connectivity index (χ0) is 13.4. The lowest BCUT2D eigenvalue weighted by Crippen LogP contribution is -1.89. The predicted octanol–water partition coefficient (Wildman–Crippen LogP) is 2.91. The van der Waals surface area contributed by atoms with Crippen LogP contribution in [0, 0.1) is 29.0 Å². The molecule has 0 aliphatic rings. The van der Waals surface area contributed by atoms with Crippen LogP contribution in [0.3, 0.4) is 0 Å². The lowest BCUT2D eigenvalue weighted by Gasteiger charge is -1.97. The van der Waals surface area contributed by atoms with Crippen molar-refractivity contribution in [3.63, 3.8) is 0 Å². The van der Waals surface area contributed by atoms with Crippen LogP contribution in [0.1, 0.15) is 24.5 Å². The number of carbonyl (C=O) groups excluding carboxylic acids is 1. The molecule has 0 heterocycles. The highest BCUT2D eigenvalue weighted by Gasteiger charge is 2.00. The summed E-state index contributed by atoms with van der Waals surface area (Å²) in [5.41, 5.74) is 1.05. The summed E-state index contributed by atoms with van der Waals surface area (Å²) in [4.78, 5) is 10.7. The minimum absolute atomic E-state index is 0.0546. The van der Waals surface area contributed by atoms with Gasteiger partial charge in [0.15, 0.2) is 5.12 Å². The van der Waals surface area contributed by atoms with Gasteiger partial charge in [-0.1, -0.05) is 29.7 Å². The zero-order valence-corrected chi connectivity index (χ0v) is 10.8. The molecule has 0 unspecified atom stereocenters. The van der Waals surface area contributed by atoms with Crippen LogP contribution in [0.4, 0.5) is 4.39 Å². The fraction of sp³-hybridized carbons (Fsp3) is 0.286. The molecule has 0 saturated carbocycles. The largest absolute Gasteiger partial charge is 0.288 e. The first kappa shape index (κ1) is 14.3. The van der Waals surface area contributed by atoms with Crippen molar-refractivity contribution in [2.45, 2.75) is 19.8 Å². The molecule has 0 radical (unpaired) electrons. The molecule has 92 valence electrons. The maximum atomic E-state index is 13.4. The highest BCUT2D eigenvalue weighted by atomic mass is 32.2. The van der Waals surface area contributed by atoms with Crippen molar-refractivity contribution in [1.29, 1.82) is 5.26 Å². The molecule has 1 aromatic carbocycles. The van der Waals surface area contributed by atoms with Crippen molar-refractivity contribution >= 4 is 16.9 Å². The molecule has 0 fully saturated rings. The van der Waals surface area contributed by atoms with Crippen molar-refractivity contribution < 1.29 is 9.18 Å². The second-order valence-corrected chi connectivity index (χ2v) is 4.81. The van der Waals surface area contributed by atoms with Gasteiger partial charge < -0.3 is 0 Å². The van der Waals surface area contributed by atoms with E-state index in [4.69, 9.17) is 5.26 Å². The number of benzene rings is 1. The van der Waals surface area contributed by atoms with Crippen LogP contribution in [-0.2, 0) is 11.2 Å². The molecule has 18 heavy (non-hydrogen) atoms. The molecule has 1 aromatic rings. The van der Waals surface area contributed by atoms with Crippen LogP contribution in [-0.4, -0.2) is 10.9 Å². The summed E-state index contributed by atoms with van der Waals surface area (Å²) in [5, 5.41) is 8.62. The zero-order valence-electron chi connectivity index (χ0n) is 10.00. The van der Waals surface area contributed by atoms with E-state index in [2.05, 4.69) is 11.8 Å². The molecular formula is C14H12FNOS. The van der Waals surface area contributed by atoms with Gasteiger partial charge in [-0.2, -0.15) is 5.26 Å². The maximum Gasteiger partial charge on any atom is 0.185 e. The van der Waals surface area contributed by atoms with Gasteiger partial charge in [0.2, 0.25) is 0 Å². The molecule has 0 bridgehead atoms. The van der Waals surface area contributed by atoms with Crippen molar-refractivity contribution in [2.75, 3.05) is 5.75 Å². The Morgan fingerprint density at radius 1 is 1.50 bits per heavy atom. The number of thioether (sulfide) groups is 1. The molecular weight excluding hydrogens is 249 g/mol. The van der Waals surface area contributed by atoms with Gasteiger partial charge in [0.1, 0.15) is 5.82 Å². The molecule has 0 aromatic heterocycles. The Hall–Kier alpha value is -1.78. The van der Waals surface area contributed by atoms with Crippen LogP contribution in [0.5, 0.6) is 0 Å². The minimum Gasteiger partial charge on any atom is -0.288 e. The van der Waals surface area contributed by atoms with Crippen LogP contribution in [0.2, 0.25) is 0 Å². The van der Waals surface area contributed by atoms with E-state index >= 15 is 0 Å². The molecule has 0 saturated heterocycles. The first-order valence-electron chi connectivity index (χ1n) is 5.41. The topological polar surface area (TPSA) is 40.9 Å². The van der Waals surface area contributed by atoms with Gasteiger partial charge in [-0.3, -0.25) is 4.79 Å². The van der Waals surface area contributed by atoms with Crippen molar-refractivity contribution in [3.8, 4) is 17.9 Å². The van der Waals surface area contributed by atoms with E-state index in [0.29, 0.717) is 17.7 Å². The summed E-state index contributed by atoms with van der Waals surface area (Å²) in [7, 11) is 0. The summed E-state index contributed by atoms with van der Waals surface area (Å²) < 4.78 is 13.4. The van der Waals surface area contributed by atoms with Crippen LogP contribution < -0.4 is 0 Å². The van der Waals surface area contributed by atoms with E-state index < -0.39 is 0 Å². The quantitative estimate of drug-likeness (QED) is 0.620. The molecule has 0 aliphatic heterocycles. The molecule has 0 amide bonds. The Bertz CT molecular complexity index is 537. The number of nitrogens with zero attached hydrogens (tertiary/aromatic N) is 1. The van der Waals surface area contributed by atoms with Gasteiger partial charge in [0.05, 0.1) is 18.1 Å². The maximum absolute atomic E-state index is 13.4. The molecule has 4 heteroatoms. The lowest BCUT2D eigenvalue weighted by molar-refractivity contribution is -0.109. The third kappa shape index (κ3) is 5.03. The number of hydrogen-bond donors (Lipinski definition) is 0. The van der Waals surface area contributed by atoms with E-state index in [9.17, 15) is 9.18 Å². The van der Waals surface area contributed by atoms with Crippen molar-refractivity contribution in [2.24, 2.45) is 0 Å². The standard InChI is InChI=1S/C14H12FNOS/c1-11(17)18-9-3-2-4-13-10-12(7-8-16)5-6-14(13)15/h5-6,10H,3,7,9H2,1H3. The molecule has 0 aliphatic carbocycles. The van der Waals surface area contributed by atoms with Crippen molar-refractivity contribution in [1.82, 2.24) is 0 Å². The Kier molecular flexibility index (Phi) is 5.97. The summed E-state index contributed by atoms with van der Waals surface area (Å²) in [6.07, 6.45) is 0.779. The highest BCUT2D eigenvalue weighted by Crippen LogP contribution is 2.10. The first-order chi connectivity index (χ1) is 8.63. The molecule has 2 nitrogen and oxygen atoms in total. The Labute approximate surface area is 110 Å². The fourth-order valence-electron chi connectivity index (χ4n) is 1.27. The minimum atomic E-state index is -0.386. The highest BCUT2D eigenvalue weighted by molar-refractivity contribution is 8.13. The number of nitriles is 1. The molecule has 1 rings (SSSR count). The Balaban J connectivity index is 2.66. The van der Waals surface area contributed by atoms with Crippen LogP contribution in [0.25, 0.3) is 0 Å². The SMILES string of the molecule is CC(=O)SCCC#Cc1cc(CC#N)ccc1F. The van der Waals surface area contributed by atoms with E-state index in [1.54, 1.807) is 12.1 Å². The molecule has 0 spiro atoms. The van der Waals surface area contributed by atoms with E-state index in [1.807, 2.05) is 6.07 Å². The van der Waals surface area contributed by atoms with Gasteiger partial charge >= 0.3 is 0 Å². The third-order valence-corrected chi connectivity index (χ3v) is 2.88. The average Bonchev–Trinajstić information content (AvgIpc) is 2.32. The second kappa shape index (κ2) is 7.53. The van der Waals surface area contributed by atoms with Gasteiger partial charge in [-0.05, 0) is 17.7 Å². The van der Waals surface area contributed by atoms with E-state index in [0.717, 1.165) is 5.56 Å². The van der Waals surface area contributed by atoms with Gasteiger partial charge in [-0.25, -0.2) is 4.39 Å². The van der Waals surface area contributed by atoms with Crippen LogP contribution in [0.15, 0.2) is 18.2 Å². The monoisotopic (exact) mass is 261 g/mol. The number of hydrogen-bond acceptors (Lipinski definition) is 3. The summed E-state index contributed by atoms with van der Waals surface area (Å²) in [5.74, 6) is 5.77. The smallest absolute Gasteiger partial charge is 0.185 e. The number of carbonyl (C=O) groups is 1. The Morgan fingerprint density at radius 3 is 2.94 bits per heavy atom. The second-order valence-electron chi connectivity index (χ2n) is 3.54. The lowest BCUT2D eigenvalue weighted by atomic mass is 10.1. The predicted molar refractivity (Wildman–Crippen MR) is 70.4 cm³/mol. The fourth-order valence-corrected chi connectivity index (χ4v) is 1.76. The molecule has 0 atom stereocenters. The number of rotatable bonds is 3. The summed E-state index contributed by atoms with van der Waals surface area (Å²) >= 11 is 1.20. The van der Waals surface area contributed by atoms with E-state index in [1.165, 1.54) is 24.8 Å². The van der Waals surface area contributed by atoms with Crippen LogP contribution >= 0.6 is 11.8 Å². The summed E-state index contributed by atoms with van der Waals surface area (Å²) in [6.45, 7) is 1.50. The average molecular weight is 261 g/mol. The number of halogens is 1. The van der Waals surface area contributed by atoms with E-state index in [-0.39, 0.29) is 17.4 Å².